The Morgan fingerprint density at radius 1 is 1.00 bits per heavy atom. The van der Waals surface area contributed by atoms with Gasteiger partial charge in [-0.2, -0.15) is 0 Å². The van der Waals surface area contributed by atoms with Gasteiger partial charge < -0.3 is 5.11 Å². The van der Waals surface area contributed by atoms with Crippen molar-refractivity contribution in [1.82, 2.24) is 0 Å². The molecule has 8 atom stereocenters. The zero-order valence-corrected chi connectivity index (χ0v) is 15.2. The largest absolute Gasteiger partial charge is 0.393 e. The van der Waals surface area contributed by atoms with E-state index in [2.05, 4.69) is 20.8 Å². The average molecular weight is 319 g/mol. The van der Waals surface area contributed by atoms with Gasteiger partial charge >= 0.3 is 0 Å². The minimum absolute atomic E-state index is 0.00268. The summed E-state index contributed by atoms with van der Waals surface area (Å²) in [5, 5.41) is 10.5. The zero-order chi connectivity index (χ0) is 16.4. The Bertz CT molecular complexity index is 500. The highest BCUT2D eigenvalue weighted by Gasteiger charge is 2.61. The second-order valence-electron chi connectivity index (χ2n) is 9.66. The maximum absolute atomic E-state index is 12.5. The number of carbonyl (C=O) groups excluding carboxylic acids is 1. The Hall–Kier alpha value is -0.370. The van der Waals surface area contributed by atoms with Crippen LogP contribution in [0.2, 0.25) is 0 Å². The van der Waals surface area contributed by atoms with Crippen molar-refractivity contribution >= 4 is 5.78 Å². The minimum Gasteiger partial charge on any atom is -0.393 e. The van der Waals surface area contributed by atoms with Crippen LogP contribution in [0.15, 0.2) is 0 Å². The third-order valence-electron chi connectivity index (χ3n) is 9.11. The van der Waals surface area contributed by atoms with Crippen LogP contribution in [0.5, 0.6) is 0 Å². The van der Waals surface area contributed by atoms with Crippen LogP contribution in [-0.2, 0) is 4.79 Å². The first kappa shape index (κ1) is 16.1. The standard InChI is InChI=1S/C21H34O2/c1-4-13-15-6-5-14-16-7-8-19(23)21(16,3)11-9-17(14)20(15,2)12-10-18(13)22/h13-18,22H,4-12H2,1-3H3. The molecule has 0 aromatic heterocycles. The Morgan fingerprint density at radius 2 is 1.78 bits per heavy atom. The van der Waals surface area contributed by atoms with E-state index in [1.165, 1.54) is 25.7 Å². The normalized spacial score (nSPS) is 55.9. The van der Waals surface area contributed by atoms with E-state index in [0.717, 1.165) is 43.9 Å². The van der Waals surface area contributed by atoms with Crippen LogP contribution >= 0.6 is 0 Å². The summed E-state index contributed by atoms with van der Waals surface area (Å²) >= 11 is 0. The summed E-state index contributed by atoms with van der Waals surface area (Å²) in [5.41, 5.74) is 0.415. The predicted octanol–water partition coefficient (Wildman–Crippen LogP) is 4.60. The first-order valence-electron chi connectivity index (χ1n) is 10.1. The van der Waals surface area contributed by atoms with Gasteiger partial charge in [0.1, 0.15) is 5.78 Å². The molecule has 0 aromatic carbocycles. The number of Topliss-reactive ketones (excluding diaryl/α,β-unsaturated/α-hetero) is 1. The third-order valence-corrected chi connectivity index (χ3v) is 9.11. The molecule has 8 unspecified atom stereocenters. The topological polar surface area (TPSA) is 37.3 Å². The molecule has 0 radical (unpaired) electrons. The number of hydrogen-bond donors (Lipinski definition) is 1. The molecule has 4 rings (SSSR count). The van der Waals surface area contributed by atoms with Crippen LogP contribution < -0.4 is 0 Å². The Kier molecular flexibility index (Phi) is 3.72. The lowest BCUT2D eigenvalue weighted by Gasteiger charge is -2.61. The molecule has 2 nitrogen and oxygen atoms in total. The third kappa shape index (κ3) is 2.06. The van der Waals surface area contributed by atoms with Crippen LogP contribution in [0, 0.1) is 40.4 Å². The molecule has 0 saturated heterocycles. The van der Waals surface area contributed by atoms with Crippen molar-refractivity contribution in [1.29, 1.82) is 0 Å². The van der Waals surface area contributed by atoms with E-state index in [4.69, 9.17) is 0 Å². The Morgan fingerprint density at radius 3 is 2.52 bits per heavy atom. The predicted molar refractivity (Wildman–Crippen MR) is 91.9 cm³/mol. The van der Waals surface area contributed by atoms with Crippen LogP contribution in [0.1, 0.15) is 78.6 Å². The Labute approximate surface area is 141 Å². The molecule has 0 spiro atoms. The number of ketones is 1. The first-order chi connectivity index (χ1) is 10.9. The van der Waals surface area contributed by atoms with Crippen LogP contribution in [0.25, 0.3) is 0 Å². The number of fused-ring (bicyclic) bond motifs is 5. The van der Waals surface area contributed by atoms with Crippen LogP contribution in [0.3, 0.4) is 0 Å². The average Bonchev–Trinajstić information content (AvgIpc) is 2.83. The highest BCUT2D eigenvalue weighted by molar-refractivity contribution is 5.87. The van der Waals surface area contributed by atoms with Crippen molar-refractivity contribution in [3.05, 3.63) is 0 Å². The summed E-state index contributed by atoms with van der Waals surface area (Å²) in [6.45, 7) is 7.08. The molecule has 4 aliphatic carbocycles. The van der Waals surface area contributed by atoms with Gasteiger partial charge in [-0.15, -0.1) is 0 Å². The van der Waals surface area contributed by atoms with Gasteiger partial charge in [0.25, 0.3) is 0 Å². The number of aliphatic hydroxyl groups excluding tert-OH is 1. The highest BCUT2D eigenvalue weighted by Crippen LogP contribution is 2.66. The fraction of sp³-hybridized carbons (Fsp3) is 0.952. The molecule has 4 aliphatic rings. The van der Waals surface area contributed by atoms with E-state index in [1.54, 1.807) is 0 Å². The summed E-state index contributed by atoms with van der Waals surface area (Å²) in [5.74, 6) is 3.99. The minimum atomic E-state index is -0.0726. The van der Waals surface area contributed by atoms with Crippen molar-refractivity contribution in [2.75, 3.05) is 0 Å². The molecule has 0 aromatic rings. The van der Waals surface area contributed by atoms with Gasteiger partial charge in [0, 0.05) is 11.8 Å². The van der Waals surface area contributed by atoms with Gasteiger partial charge in [-0.1, -0.05) is 27.2 Å². The van der Waals surface area contributed by atoms with Gasteiger partial charge in [0.05, 0.1) is 6.10 Å². The van der Waals surface area contributed by atoms with E-state index in [-0.39, 0.29) is 11.5 Å². The lowest BCUT2D eigenvalue weighted by Crippen LogP contribution is -2.56. The molecular weight excluding hydrogens is 284 g/mol. The van der Waals surface area contributed by atoms with Crippen molar-refractivity contribution in [2.45, 2.75) is 84.7 Å². The summed E-state index contributed by atoms with van der Waals surface area (Å²) in [6, 6.07) is 0. The molecule has 4 fully saturated rings. The second-order valence-corrected chi connectivity index (χ2v) is 9.66. The lowest BCUT2D eigenvalue weighted by atomic mass is 9.43. The molecule has 23 heavy (non-hydrogen) atoms. The molecule has 0 heterocycles. The number of hydrogen-bond acceptors (Lipinski definition) is 2. The fourth-order valence-electron chi connectivity index (χ4n) is 7.83. The maximum Gasteiger partial charge on any atom is 0.139 e. The van der Waals surface area contributed by atoms with Gasteiger partial charge in [0.2, 0.25) is 0 Å². The zero-order valence-electron chi connectivity index (χ0n) is 15.2. The summed E-state index contributed by atoms with van der Waals surface area (Å²) in [6.07, 6.45) is 10.2. The molecule has 130 valence electrons. The van der Waals surface area contributed by atoms with Crippen LogP contribution in [-0.4, -0.2) is 17.0 Å². The van der Waals surface area contributed by atoms with Crippen molar-refractivity contribution < 1.29 is 9.90 Å². The first-order valence-corrected chi connectivity index (χ1v) is 10.1. The molecular formula is C21H34O2. The molecule has 0 amide bonds. The van der Waals surface area contributed by atoms with Crippen molar-refractivity contribution in [2.24, 2.45) is 40.4 Å². The SMILES string of the molecule is CCC1C(O)CCC2(C)C1CCC1C3CCC(=O)C3(C)CCC12. The second kappa shape index (κ2) is 5.31. The van der Waals surface area contributed by atoms with Gasteiger partial charge in [-0.25, -0.2) is 0 Å². The number of carbonyl (C=O) groups is 1. The van der Waals surface area contributed by atoms with Crippen molar-refractivity contribution in [3.8, 4) is 0 Å². The summed E-state index contributed by atoms with van der Waals surface area (Å²) in [7, 11) is 0. The fourth-order valence-corrected chi connectivity index (χ4v) is 7.83. The van der Waals surface area contributed by atoms with E-state index >= 15 is 0 Å². The van der Waals surface area contributed by atoms with Gasteiger partial charge in [-0.05, 0) is 80.0 Å². The Balaban J connectivity index is 1.65. The smallest absolute Gasteiger partial charge is 0.139 e. The molecule has 1 N–H and O–H groups in total. The molecule has 2 heteroatoms. The molecule has 0 bridgehead atoms. The summed E-state index contributed by atoms with van der Waals surface area (Å²) < 4.78 is 0. The maximum atomic E-state index is 12.5. The molecule has 4 saturated carbocycles. The number of aliphatic hydroxyl groups is 1. The van der Waals surface area contributed by atoms with Gasteiger partial charge in [0.15, 0.2) is 0 Å². The van der Waals surface area contributed by atoms with Crippen molar-refractivity contribution in [3.63, 3.8) is 0 Å². The van der Waals surface area contributed by atoms with E-state index in [0.29, 0.717) is 29.0 Å². The van der Waals surface area contributed by atoms with Crippen LogP contribution in [0.4, 0.5) is 0 Å². The van der Waals surface area contributed by atoms with E-state index in [1.807, 2.05) is 0 Å². The van der Waals surface area contributed by atoms with E-state index < -0.39 is 0 Å². The lowest BCUT2D eigenvalue weighted by molar-refractivity contribution is -0.154. The quantitative estimate of drug-likeness (QED) is 0.767. The number of rotatable bonds is 1. The molecule has 0 aliphatic heterocycles. The van der Waals surface area contributed by atoms with Gasteiger partial charge in [-0.3, -0.25) is 4.79 Å². The summed E-state index contributed by atoms with van der Waals surface area (Å²) in [4.78, 5) is 12.5. The highest BCUT2D eigenvalue weighted by atomic mass is 16.3. The van der Waals surface area contributed by atoms with E-state index in [9.17, 15) is 9.90 Å². The monoisotopic (exact) mass is 318 g/mol.